The first kappa shape index (κ1) is 90.8. The molecule has 0 spiro atoms. The molecule has 87 heavy (non-hydrogen) atoms. The molecule has 9 saturated carbocycles. The molecule has 11 nitrogen and oxygen atoms in total. The van der Waals surface area contributed by atoms with Gasteiger partial charge in [0.25, 0.3) is 0 Å². The molecule has 9 fully saturated rings. The summed E-state index contributed by atoms with van der Waals surface area (Å²) in [5.74, 6) is 5.69. The number of hydrogen-bond donors (Lipinski definition) is 0. The van der Waals surface area contributed by atoms with Crippen LogP contribution >= 0.6 is 0 Å². The van der Waals surface area contributed by atoms with E-state index in [1.807, 2.05) is 70.2 Å². The quantitative estimate of drug-likeness (QED) is 0.131. The van der Waals surface area contributed by atoms with Crippen LogP contribution in [0.25, 0.3) is 0 Å². The molecule has 0 aromatic carbocycles. The molecule has 6 bridgehead atoms. The van der Waals surface area contributed by atoms with E-state index in [-0.39, 0.29) is 22.4 Å². The molecule has 5 unspecified atom stereocenters. The lowest BCUT2D eigenvalue weighted by molar-refractivity contribution is -0.0399. The lowest BCUT2D eigenvalue weighted by atomic mass is 9.69. The van der Waals surface area contributed by atoms with E-state index in [1.54, 1.807) is 42.7 Å². The molecule has 528 valence electrons. The summed E-state index contributed by atoms with van der Waals surface area (Å²) in [7, 11) is 19.7. The summed E-state index contributed by atoms with van der Waals surface area (Å²) in [6.07, 6.45) is 44.4. The van der Waals surface area contributed by atoms with Crippen molar-refractivity contribution >= 4 is 0 Å². The second-order valence-electron chi connectivity index (χ2n) is 28.9. The highest BCUT2D eigenvalue weighted by molar-refractivity contribution is 4.97. The Hall–Kier alpha value is -0.440. The largest absolute Gasteiger partial charge is 0.382 e. The molecule has 9 aliphatic rings. The minimum absolute atomic E-state index is 0.0417. The summed E-state index contributed by atoms with van der Waals surface area (Å²) in [6, 6.07) is 0. The number of methoxy groups -OCH3 is 11. The molecular weight excluding hydrogens is 1090 g/mol. The maximum Gasteiger partial charge on any atom is 0.0681 e. The molecule has 0 radical (unpaired) electrons. The van der Waals surface area contributed by atoms with E-state index in [0.29, 0.717) is 42.2 Å². The predicted molar refractivity (Wildman–Crippen MR) is 374 cm³/mol. The van der Waals surface area contributed by atoms with Gasteiger partial charge in [0.15, 0.2) is 0 Å². The van der Waals surface area contributed by atoms with Crippen molar-refractivity contribution in [3.05, 3.63) is 0 Å². The molecule has 11 heteroatoms. The van der Waals surface area contributed by atoms with Gasteiger partial charge in [0.1, 0.15) is 0 Å². The lowest BCUT2D eigenvalue weighted by Crippen LogP contribution is -2.36. The van der Waals surface area contributed by atoms with Crippen LogP contribution in [0.2, 0.25) is 0 Å². The molecular formula is C76H158O11. The lowest BCUT2D eigenvalue weighted by Gasteiger charge is -2.41. The van der Waals surface area contributed by atoms with E-state index < -0.39 is 0 Å². The first-order valence-corrected chi connectivity index (χ1v) is 36.0. The van der Waals surface area contributed by atoms with E-state index in [2.05, 4.69) is 83.1 Å². The van der Waals surface area contributed by atoms with Gasteiger partial charge in [-0.3, -0.25) is 0 Å². The van der Waals surface area contributed by atoms with Crippen LogP contribution in [0.4, 0.5) is 0 Å². The molecule has 9 aliphatic carbocycles. The van der Waals surface area contributed by atoms with Crippen LogP contribution in [-0.2, 0) is 52.1 Å². The van der Waals surface area contributed by atoms with Gasteiger partial charge in [-0.25, -0.2) is 0 Å². The molecule has 0 saturated heterocycles. The molecule has 0 heterocycles. The van der Waals surface area contributed by atoms with Gasteiger partial charge in [0, 0.05) is 78.2 Å². The highest BCUT2D eigenvalue weighted by atomic mass is 16.5. The summed E-state index contributed by atoms with van der Waals surface area (Å²) in [4.78, 5) is 0. The highest BCUT2D eigenvalue weighted by Gasteiger charge is 2.45. The Balaban J connectivity index is -0.000000899. The average molecular weight is 1250 g/mol. The van der Waals surface area contributed by atoms with Crippen molar-refractivity contribution in [2.75, 3.05) is 78.2 Å². The number of fused-ring (bicyclic) bond motifs is 7. The van der Waals surface area contributed by atoms with E-state index in [9.17, 15) is 0 Å². The summed E-state index contributed by atoms with van der Waals surface area (Å²) in [5, 5.41) is 0. The molecule has 5 atom stereocenters. The first-order valence-electron chi connectivity index (χ1n) is 36.0. The van der Waals surface area contributed by atoms with Crippen LogP contribution in [0.1, 0.15) is 317 Å². The van der Waals surface area contributed by atoms with Gasteiger partial charge < -0.3 is 52.1 Å². The van der Waals surface area contributed by atoms with E-state index >= 15 is 0 Å². The number of ether oxygens (including phenoxy) is 11. The summed E-state index contributed by atoms with van der Waals surface area (Å²) in [6.45, 7) is 35.7. The molecule has 0 amide bonds. The normalized spacial score (nSPS) is 25.7. The third-order valence-corrected chi connectivity index (χ3v) is 21.4. The van der Waals surface area contributed by atoms with Crippen LogP contribution in [0.15, 0.2) is 0 Å². The fourth-order valence-electron chi connectivity index (χ4n) is 12.9. The van der Waals surface area contributed by atoms with E-state index in [0.717, 1.165) is 80.5 Å². The summed E-state index contributed by atoms with van der Waals surface area (Å²) >= 11 is 0. The van der Waals surface area contributed by atoms with E-state index in [4.69, 9.17) is 52.1 Å². The van der Waals surface area contributed by atoms with Gasteiger partial charge in [-0.15, -0.1) is 0 Å². The second kappa shape index (κ2) is 52.9. The number of hydrogen-bond acceptors (Lipinski definition) is 11. The third kappa shape index (κ3) is 42.5. The second-order valence-corrected chi connectivity index (χ2v) is 28.9. The van der Waals surface area contributed by atoms with Gasteiger partial charge in [0.2, 0.25) is 0 Å². The highest BCUT2D eigenvalue weighted by Crippen LogP contribution is 2.49. The van der Waals surface area contributed by atoms with Crippen LogP contribution in [0.3, 0.4) is 0 Å². The smallest absolute Gasteiger partial charge is 0.0681 e. The van der Waals surface area contributed by atoms with Crippen molar-refractivity contribution in [1.29, 1.82) is 0 Å². The minimum atomic E-state index is 0.0417. The third-order valence-electron chi connectivity index (χ3n) is 21.4. The Labute approximate surface area is 544 Å². The Morgan fingerprint density at radius 2 is 0.862 bits per heavy atom. The molecule has 0 aromatic rings. The Bertz CT molecular complexity index is 1410. The van der Waals surface area contributed by atoms with Gasteiger partial charge in [-0.1, -0.05) is 87.0 Å². The number of rotatable bonds is 18. The SMILES string of the molecule is CCC(C)(C)OC.CCC(C)OC.CCC(CC)(CC)OC.CCC(CC)OC.COC(C)(C)C.COC(C)(C)C1CCCCC1.COC(C)C.COC12CCC(CC1)C2.COC1CC2CCC1C2.COC1CC2CCC1CC2.COC1CCCCC1. The van der Waals surface area contributed by atoms with Crippen LogP contribution in [0, 0.1) is 35.5 Å². The Kier molecular flexibility index (Phi) is 55.2. The maximum atomic E-state index is 5.49. The van der Waals surface area contributed by atoms with Gasteiger partial charge in [-0.05, 0) is 265 Å². The average Bonchev–Trinajstić information content (AvgIpc) is 2.53. The topological polar surface area (TPSA) is 102 Å². The van der Waals surface area contributed by atoms with Crippen molar-refractivity contribution in [3.63, 3.8) is 0 Å². The molecule has 0 aliphatic heterocycles. The van der Waals surface area contributed by atoms with Crippen molar-refractivity contribution in [3.8, 4) is 0 Å². The first-order chi connectivity index (χ1) is 41.1. The van der Waals surface area contributed by atoms with E-state index in [1.165, 1.54) is 154 Å². The fourth-order valence-corrected chi connectivity index (χ4v) is 12.9. The van der Waals surface area contributed by atoms with Crippen molar-refractivity contribution in [2.24, 2.45) is 35.5 Å². The van der Waals surface area contributed by atoms with Gasteiger partial charge in [-0.2, -0.15) is 0 Å². The molecule has 0 N–H and O–H groups in total. The molecule has 9 rings (SSSR count). The van der Waals surface area contributed by atoms with Crippen LogP contribution in [-0.4, -0.2) is 143 Å². The summed E-state index contributed by atoms with van der Waals surface area (Å²) < 4.78 is 57.0. The zero-order valence-corrected chi connectivity index (χ0v) is 63.8. The van der Waals surface area contributed by atoms with Crippen molar-refractivity contribution in [1.82, 2.24) is 0 Å². The predicted octanol–water partition coefficient (Wildman–Crippen LogP) is 21.1. The zero-order valence-electron chi connectivity index (χ0n) is 63.8. The summed E-state index contributed by atoms with van der Waals surface area (Å²) in [5.41, 5.74) is 0.755. The Morgan fingerprint density at radius 1 is 0.414 bits per heavy atom. The maximum absolute atomic E-state index is 5.49. The van der Waals surface area contributed by atoms with Crippen molar-refractivity contribution in [2.45, 2.75) is 381 Å². The van der Waals surface area contributed by atoms with Gasteiger partial charge >= 0.3 is 0 Å². The fraction of sp³-hybridized carbons (Fsp3) is 1.00. The molecule has 0 aromatic heterocycles. The van der Waals surface area contributed by atoms with Gasteiger partial charge in [0.05, 0.1) is 64.6 Å². The van der Waals surface area contributed by atoms with Crippen LogP contribution < -0.4 is 0 Å². The standard InChI is InChI=1S/C10H20O.C9H16O.2C8H14O.C8H18O.C7H14O.2C6H14O.2C5H12O.C4H10O/c1-10(2,11-3)9-7-5-4-6-8-9;1-10-9-6-7-2-4-8(9)5-3-7;1-9-8-4-2-7(6-8)3-5-8;1-9-8-5-6-2-3-7(8)4-6;1-5-8(6-2,7-3)9-4;1-8-7-5-3-2-4-6-7;1-5-6(2,3)7-4;1-4-6(5-2)7-3;1-5(2,3)6-4;1-4-5(2)6-3;1-4(2)5-3/h9H,4-8H2,1-3H3;7-9H,2-6H2,1H3;7H,2-6H2,1H3;6-8H,2-5H2,1H3;5-7H2,1-4H3;7H,2-6H2,1H3;5H2,1-4H3;6H,4-5H2,1-3H3;1-4H3;5H,4H2,1-3H3;4H,1-3H3. The monoisotopic (exact) mass is 1250 g/mol. The Morgan fingerprint density at radius 3 is 1.03 bits per heavy atom. The van der Waals surface area contributed by atoms with Crippen LogP contribution in [0.5, 0.6) is 0 Å². The zero-order chi connectivity index (χ0) is 67.1. The minimum Gasteiger partial charge on any atom is -0.382 e. The van der Waals surface area contributed by atoms with Crippen molar-refractivity contribution < 1.29 is 52.1 Å².